The number of hydrogen-bond acceptors (Lipinski definition) is 5. The minimum Gasteiger partial charge on any atom is -0.308 e. The van der Waals surface area contributed by atoms with E-state index in [2.05, 4.69) is 27.4 Å². The van der Waals surface area contributed by atoms with E-state index in [1.165, 1.54) is 11.3 Å². The van der Waals surface area contributed by atoms with Crippen LogP contribution in [0, 0.1) is 24.7 Å². The van der Waals surface area contributed by atoms with Crippen molar-refractivity contribution >= 4 is 21.6 Å². The van der Waals surface area contributed by atoms with E-state index in [-0.39, 0.29) is 11.6 Å². The minimum atomic E-state index is -0.0408. The fourth-order valence-corrected chi connectivity index (χ4v) is 5.03. The second-order valence-electron chi connectivity index (χ2n) is 6.67. The first-order valence-corrected chi connectivity index (χ1v) is 8.72. The molecular formula is C16H17N5OS. The van der Waals surface area contributed by atoms with Gasteiger partial charge in [-0.2, -0.15) is 5.10 Å². The predicted molar refractivity (Wildman–Crippen MR) is 89.4 cm³/mol. The second-order valence-corrected chi connectivity index (χ2v) is 7.72. The lowest BCUT2D eigenvalue weighted by Gasteiger charge is -2.13. The molecule has 1 saturated heterocycles. The summed E-state index contributed by atoms with van der Waals surface area (Å²) in [5.74, 6) is 2.87. The summed E-state index contributed by atoms with van der Waals surface area (Å²) in [5, 5.41) is 10.5. The molecule has 3 aromatic rings. The van der Waals surface area contributed by atoms with E-state index in [0.717, 1.165) is 45.9 Å². The number of nitrogens with one attached hydrogen (secondary N) is 3. The van der Waals surface area contributed by atoms with E-state index in [4.69, 9.17) is 4.98 Å². The number of fused-ring (bicyclic) bond motifs is 2. The van der Waals surface area contributed by atoms with Gasteiger partial charge in [-0.1, -0.05) is 6.92 Å². The van der Waals surface area contributed by atoms with Crippen molar-refractivity contribution in [3.8, 4) is 10.4 Å². The summed E-state index contributed by atoms with van der Waals surface area (Å²) < 4.78 is 0.683. The number of hydrogen-bond donors (Lipinski definition) is 3. The number of aryl methyl sites for hydroxylation is 1. The first-order valence-electron chi connectivity index (χ1n) is 7.91. The number of aromatic amines is 2. The van der Waals surface area contributed by atoms with Crippen molar-refractivity contribution in [3.05, 3.63) is 34.1 Å². The van der Waals surface area contributed by atoms with E-state index >= 15 is 0 Å². The maximum absolute atomic E-state index is 12.5. The van der Waals surface area contributed by atoms with Crippen molar-refractivity contribution in [3.63, 3.8) is 0 Å². The largest absolute Gasteiger partial charge is 0.308 e. The quantitative estimate of drug-likeness (QED) is 0.673. The predicted octanol–water partition coefficient (Wildman–Crippen LogP) is 2.21. The summed E-state index contributed by atoms with van der Waals surface area (Å²) in [4.78, 5) is 21.3. The normalized spacial score (nSPS) is 29.1. The molecule has 6 nitrogen and oxygen atoms in total. The lowest BCUT2D eigenvalue weighted by Crippen LogP contribution is -2.24. The molecule has 5 rings (SSSR count). The van der Waals surface area contributed by atoms with Gasteiger partial charge in [0.15, 0.2) is 0 Å². The topological polar surface area (TPSA) is 86.5 Å². The molecule has 23 heavy (non-hydrogen) atoms. The van der Waals surface area contributed by atoms with Crippen molar-refractivity contribution in [2.45, 2.75) is 19.9 Å². The Bertz CT molecular complexity index is 970. The van der Waals surface area contributed by atoms with Crippen LogP contribution in [0.2, 0.25) is 0 Å². The first kappa shape index (κ1) is 13.4. The highest BCUT2D eigenvalue weighted by molar-refractivity contribution is 7.22. The molecule has 1 aliphatic heterocycles. The molecule has 0 bridgehead atoms. The Hall–Kier alpha value is -1.99. The van der Waals surface area contributed by atoms with Crippen molar-refractivity contribution in [2.24, 2.45) is 17.8 Å². The van der Waals surface area contributed by atoms with E-state index in [9.17, 15) is 4.79 Å². The summed E-state index contributed by atoms with van der Waals surface area (Å²) >= 11 is 1.47. The van der Waals surface area contributed by atoms with Crippen molar-refractivity contribution in [2.75, 3.05) is 6.54 Å². The van der Waals surface area contributed by atoms with Crippen LogP contribution in [0.1, 0.15) is 24.5 Å². The van der Waals surface area contributed by atoms with Gasteiger partial charge in [-0.25, -0.2) is 4.98 Å². The minimum absolute atomic E-state index is 0.0408. The summed E-state index contributed by atoms with van der Waals surface area (Å²) in [6.07, 6.45) is 1.80. The smallest absolute Gasteiger partial charge is 0.268 e. The lowest BCUT2D eigenvalue weighted by atomic mass is 10.1. The van der Waals surface area contributed by atoms with Gasteiger partial charge in [-0.3, -0.25) is 9.89 Å². The molecule has 1 saturated carbocycles. The highest BCUT2D eigenvalue weighted by atomic mass is 32.1. The average molecular weight is 327 g/mol. The molecule has 118 valence electrons. The molecule has 3 N–H and O–H groups in total. The van der Waals surface area contributed by atoms with Gasteiger partial charge in [0.25, 0.3) is 5.56 Å². The van der Waals surface area contributed by atoms with Crippen molar-refractivity contribution in [1.29, 1.82) is 0 Å². The first-order chi connectivity index (χ1) is 11.1. The zero-order chi connectivity index (χ0) is 15.7. The van der Waals surface area contributed by atoms with E-state index in [1.807, 2.05) is 13.0 Å². The third-order valence-corrected chi connectivity index (χ3v) is 6.54. The van der Waals surface area contributed by atoms with Gasteiger partial charge < -0.3 is 10.3 Å². The van der Waals surface area contributed by atoms with E-state index in [0.29, 0.717) is 10.6 Å². The molecule has 0 aromatic carbocycles. The molecular weight excluding hydrogens is 310 g/mol. The molecule has 4 atom stereocenters. The van der Waals surface area contributed by atoms with Gasteiger partial charge in [-0.15, -0.1) is 11.3 Å². The highest BCUT2D eigenvalue weighted by Gasteiger charge is 2.56. The molecule has 0 amide bonds. The summed E-state index contributed by atoms with van der Waals surface area (Å²) in [6, 6.07) is 2.19. The van der Waals surface area contributed by atoms with Crippen LogP contribution in [-0.2, 0) is 0 Å². The number of aromatic nitrogens is 4. The molecule has 0 radical (unpaired) electrons. The van der Waals surface area contributed by atoms with Crippen LogP contribution in [0.4, 0.5) is 0 Å². The maximum Gasteiger partial charge on any atom is 0.268 e. The Morgan fingerprint density at radius 2 is 2.26 bits per heavy atom. The number of piperidine rings is 1. The fraction of sp³-hybridized carbons (Fsp3) is 0.438. The average Bonchev–Trinajstić information content (AvgIpc) is 3.01. The van der Waals surface area contributed by atoms with Gasteiger partial charge in [0, 0.05) is 16.1 Å². The van der Waals surface area contributed by atoms with Crippen LogP contribution in [0.5, 0.6) is 0 Å². The third kappa shape index (κ3) is 1.86. The van der Waals surface area contributed by atoms with Crippen LogP contribution in [0.3, 0.4) is 0 Å². The molecule has 3 unspecified atom stereocenters. The van der Waals surface area contributed by atoms with Crippen LogP contribution >= 0.6 is 11.3 Å². The highest BCUT2D eigenvalue weighted by Crippen LogP contribution is 2.56. The van der Waals surface area contributed by atoms with Gasteiger partial charge in [0.1, 0.15) is 10.5 Å². The van der Waals surface area contributed by atoms with Crippen LogP contribution < -0.4 is 10.9 Å². The Morgan fingerprint density at radius 1 is 1.39 bits per heavy atom. The third-order valence-electron chi connectivity index (χ3n) is 5.39. The maximum atomic E-state index is 12.5. The molecule has 4 heterocycles. The number of thiophene rings is 1. The molecule has 7 heteroatoms. The Kier molecular flexibility index (Phi) is 2.64. The van der Waals surface area contributed by atoms with E-state index < -0.39 is 0 Å². The van der Waals surface area contributed by atoms with Crippen LogP contribution in [0.15, 0.2) is 17.1 Å². The molecule has 2 fully saturated rings. The molecule has 1 aliphatic carbocycles. The van der Waals surface area contributed by atoms with Gasteiger partial charge in [0.2, 0.25) is 0 Å². The molecule has 2 aliphatic rings. The number of nitrogens with zero attached hydrogens (tertiary/aromatic N) is 2. The second kappa shape index (κ2) is 4.52. The van der Waals surface area contributed by atoms with Gasteiger partial charge in [0.05, 0.1) is 17.8 Å². The zero-order valence-electron chi connectivity index (χ0n) is 12.9. The Balaban J connectivity index is 1.62. The SMILES string of the molecule is Cc1[nH]ncc1-c1cc2nc([C@@H]3NCC4C(C)C43)[nH]c(=O)c2s1. The van der Waals surface area contributed by atoms with Crippen molar-refractivity contribution < 1.29 is 0 Å². The van der Waals surface area contributed by atoms with Gasteiger partial charge in [-0.05, 0) is 37.3 Å². The van der Waals surface area contributed by atoms with Crippen LogP contribution in [-0.4, -0.2) is 26.7 Å². The summed E-state index contributed by atoms with van der Waals surface area (Å²) in [7, 11) is 0. The lowest BCUT2D eigenvalue weighted by molar-refractivity contribution is 0.488. The standard InChI is InChI=1S/C16H17N5OS/c1-6-8-4-17-13(12(6)8)15-19-10-3-11(9-5-18-21-7(9)2)23-14(10)16(22)20-15/h3,5-6,8,12-13,17H,4H2,1-2H3,(H,18,21)(H,19,20,22)/t6?,8?,12?,13-/m1/s1. The molecule has 0 spiro atoms. The zero-order valence-corrected chi connectivity index (χ0v) is 13.7. The summed E-state index contributed by atoms with van der Waals surface area (Å²) in [6.45, 7) is 5.29. The monoisotopic (exact) mass is 327 g/mol. The van der Waals surface area contributed by atoms with Gasteiger partial charge >= 0.3 is 0 Å². The molecule has 3 aromatic heterocycles. The van der Waals surface area contributed by atoms with E-state index in [1.54, 1.807) is 6.20 Å². The number of rotatable bonds is 2. The van der Waals surface area contributed by atoms with Crippen LogP contribution in [0.25, 0.3) is 20.7 Å². The Labute approximate surface area is 136 Å². The summed E-state index contributed by atoms with van der Waals surface area (Å²) in [5.41, 5.74) is 2.77. The fourth-order valence-electron chi connectivity index (χ4n) is 3.97. The van der Waals surface area contributed by atoms with Crippen molar-refractivity contribution in [1.82, 2.24) is 25.5 Å². The number of H-pyrrole nitrogens is 2. The Morgan fingerprint density at radius 3 is 2.96 bits per heavy atom.